The Morgan fingerprint density at radius 1 is 1.14 bits per heavy atom. The SMILES string of the molecule is Cc1ccc(-n2nc(-c3ccco3)cc2C(=O)NCCN2CCCCC2)c(C)c1. The molecule has 0 atom stereocenters. The minimum Gasteiger partial charge on any atom is -0.463 e. The molecule has 1 aliphatic rings. The fourth-order valence-electron chi connectivity index (χ4n) is 3.92. The number of nitrogens with one attached hydrogen (secondary N) is 1. The van der Waals surface area contributed by atoms with Crippen molar-refractivity contribution in [2.75, 3.05) is 26.2 Å². The summed E-state index contributed by atoms with van der Waals surface area (Å²) in [6.07, 6.45) is 5.43. The van der Waals surface area contributed by atoms with Crippen molar-refractivity contribution >= 4 is 5.91 Å². The topological polar surface area (TPSA) is 63.3 Å². The third kappa shape index (κ3) is 4.43. The second-order valence-electron chi connectivity index (χ2n) is 7.75. The molecule has 1 amide bonds. The largest absolute Gasteiger partial charge is 0.463 e. The molecule has 1 N–H and O–H groups in total. The number of hydrogen-bond donors (Lipinski definition) is 1. The average Bonchev–Trinajstić information content (AvgIpc) is 3.39. The van der Waals surface area contributed by atoms with Crippen molar-refractivity contribution in [3.8, 4) is 17.1 Å². The lowest BCUT2D eigenvalue weighted by molar-refractivity contribution is 0.0939. The van der Waals surface area contributed by atoms with Crippen molar-refractivity contribution in [3.63, 3.8) is 0 Å². The van der Waals surface area contributed by atoms with Gasteiger partial charge in [0, 0.05) is 19.2 Å². The number of rotatable bonds is 6. The van der Waals surface area contributed by atoms with E-state index in [-0.39, 0.29) is 5.91 Å². The summed E-state index contributed by atoms with van der Waals surface area (Å²) < 4.78 is 7.22. The lowest BCUT2D eigenvalue weighted by atomic mass is 10.1. The highest BCUT2D eigenvalue weighted by Crippen LogP contribution is 2.24. The quantitative estimate of drug-likeness (QED) is 0.690. The van der Waals surface area contributed by atoms with Crippen LogP contribution in [0.25, 0.3) is 17.1 Å². The molecule has 0 radical (unpaired) electrons. The van der Waals surface area contributed by atoms with E-state index in [0.29, 0.717) is 23.7 Å². The summed E-state index contributed by atoms with van der Waals surface area (Å²) in [5.41, 5.74) is 4.31. The standard InChI is InChI=1S/C23H28N4O2/c1-17-8-9-20(18(2)15-17)27-21(16-19(25-27)22-7-6-14-29-22)23(28)24-10-13-26-11-4-3-5-12-26/h6-9,14-16H,3-5,10-13H2,1-2H3,(H,24,28). The zero-order valence-electron chi connectivity index (χ0n) is 17.1. The average molecular weight is 393 g/mol. The number of hydrogen-bond acceptors (Lipinski definition) is 4. The molecule has 6 nitrogen and oxygen atoms in total. The van der Waals surface area contributed by atoms with Crippen LogP contribution in [0.5, 0.6) is 0 Å². The number of likely N-dealkylation sites (tertiary alicyclic amines) is 1. The van der Waals surface area contributed by atoms with Crippen molar-refractivity contribution in [1.29, 1.82) is 0 Å². The smallest absolute Gasteiger partial charge is 0.270 e. The molecule has 0 saturated carbocycles. The Bertz CT molecular complexity index is 969. The Hall–Kier alpha value is -2.86. The van der Waals surface area contributed by atoms with E-state index in [4.69, 9.17) is 4.42 Å². The predicted molar refractivity (Wildman–Crippen MR) is 113 cm³/mol. The van der Waals surface area contributed by atoms with Gasteiger partial charge in [-0.15, -0.1) is 0 Å². The van der Waals surface area contributed by atoms with Crippen molar-refractivity contribution in [2.45, 2.75) is 33.1 Å². The van der Waals surface area contributed by atoms with E-state index in [9.17, 15) is 4.79 Å². The molecule has 1 aromatic carbocycles. The molecule has 6 heteroatoms. The second kappa shape index (κ2) is 8.66. The van der Waals surface area contributed by atoms with E-state index in [2.05, 4.69) is 28.3 Å². The monoisotopic (exact) mass is 392 g/mol. The molecular formula is C23H28N4O2. The first-order valence-electron chi connectivity index (χ1n) is 10.3. The predicted octanol–water partition coefficient (Wildman–Crippen LogP) is 3.96. The van der Waals surface area contributed by atoms with Gasteiger partial charge in [0.15, 0.2) is 5.76 Å². The maximum Gasteiger partial charge on any atom is 0.270 e. The molecule has 2 aromatic heterocycles. The molecule has 1 saturated heterocycles. The molecule has 152 valence electrons. The number of nitrogens with zero attached hydrogens (tertiary/aromatic N) is 3. The molecule has 1 fully saturated rings. The highest BCUT2D eigenvalue weighted by Gasteiger charge is 2.20. The van der Waals surface area contributed by atoms with Crippen molar-refractivity contribution in [1.82, 2.24) is 20.0 Å². The summed E-state index contributed by atoms with van der Waals surface area (Å²) in [5, 5.41) is 7.76. The van der Waals surface area contributed by atoms with E-state index in [0.717, 1.165) is 30.9 Å². The Kier molecular flexibility index (Phi) is 5.81. The Balaban J connectivity index is 1.57. The number of piperidine rings is 1. The van der Waals surface area contributed by atoms with Crippen LogP contribution in [0.1, 0.15) is 40.9 Å². The minimum atomic E-state index is -0.118. The Morgan fingerprint density at radius 2 is 1.97 bits per heavy atom. The molecule has 0 spiro atoms. The maximum absolute atomic E-state index is 13.0. The van der Waals surface area contributed by atoms with E-state index in [1.807, 2.05) is 31.2 Å². The molecule has 29 heavy (non-hydrogen) atoms. The number of furan rings is 1. The molecule has 3 heterocycles. The molecule has 0 unspecified atom stereocenters. The van der Waals surface area contributed by atoms with E-state index in [1.54, 1.807) is 17.0 Å². The highest BCUT2D eigenvalue weighted by molar-refractivity contribution is 5.94. The lowest BCUT2D eigenvalue weighted by Crippen LogP contribution is -2.38. The highest BCUT2D eigenvalue weighted by atomic mass is 16.3. The van der Waals surface area contributed by atoms with E-state index in [1.165, 1.54) is 24.8 Å². The zero-order valence-corrected chi connectivity index (χ0v) is 17.1. The maximum atomic E-state index is 13.0. The van der Waals surface area contributed by atoms with Crippen LogP contribution < -0.4 is 5.32 Å². The van der Waals surface area contributed by atoms with Crippen LogP contribution in [-0.4, -0.2) is 46.8 Å². The van der Waals surface area contributed by atoms with Gasteiger partial charge in [-0.25, -0.2) is 4.68 Å². The number of amides is 1. The van der Waals surface area contributed by atoms with Crippen LogP contribution in [0, 0.1) is 13.8 Å². The van der Waals surface area contributed by atoms with Gasteiger partial charge in [-0.05, 0) is 63.5 Å². The van der Waals surface area contributed by atoms with Gasteiger partial charge in [-0.3, -0.25) is 4.79 Å². The number of aryl methyl sites for hydroxylation is 2. The zero-order chi connectivity index (χ0) is 20.2. The molecule has 4 rings (SSSR count). The third-order valence-electron chi connectivity index (χ3n) is 5.46. The van der Waals surface area contributed by atoms with Crippen LogP contribution in [0.4, 0.5) is 0 Å². The second-order valence-corrected chi connectivity index (χ2v) is 7.75. The summed E-state index contributed by atoms with van der Waals surface area (Å²) in [4.78, 5) is 15.4. The van der Waals surface area contributed by atoms with Crippen molar-refractivity contribution in [3.05, 3.63) is 59.5 Å². The summed E-state index contributed by atoms with van der Waals surface area (Å²) in [5.74, 6) is 0.531. The molecule has 0 aliphatic carbocycles. The van der Waals surface area contributed by atoms with E-state index >= 15 is 0 Å². The van der Waals surface area contributed by atoms with Crippen LogP contribution >= 0.6 is 0 Å². The van der Waals surface area contributed by atoms with Gasteiger partial charge < -0.3 is 14.6 Å². The van der Waals surface area contributed by atoms with Gasteiger partial charge in [-0.1, -0.05) is 24.1 Å². The van der Waals surface area contributed by atoms with Crippen LogP contribution in [0.15, 0.2) is 47.1 Å². The minimum absolute atomic E-state index is 0.118. The number of benzene rings is 1. The van der Waals surface area contributed by atoms with Gasteiger partial charge in [0.25, 0.3) is 5.91 Å². The van der Waals surface area contributed by atoms with Crippen LogP contribution in [0.3, 0.4) is 0 Å². The van der Waals surface area contributed by atoms with Gasteiger partial charge in [0.2, 0.25) is 0 Å². The van der Waals surface area contributed by atoms with E-state index < -0.39 is 0 Å². The molecule has 0 bridgehead atoms. The third-order valence-corrected chi connectivity index (χ3v) is 5.46. The normalized spacial score (nSPS) is 14.8. The van der Waals surface area contributed by atoms with Gasteiger partial charge in [0.05, 0.1) is 12.0 Å². The number of carbonyl (C=O) groups is 1. The van der Waals surface area contributed by atoms with Crippen molar-refractivity contribution in [2.24, 2.45) is 0 Å². The molecule has 3 aromatic rings. The van der Waals surface area contributed by atoms with Gasteiger partial charge in [-0.2, -0.15) is 5.10 Å². The van der Waals surface area contributed by atoms with Crippen LogP contribution in [-0.2, 0) is 0 Å². The molecular weight excluding hydrogens is 364 g/mol. The lowest BCUT2D eigenvalue weighted by Gasteiger charge is -2.26. The first-order chi connectivity index (χ1) is 14.1. The molecule has 1 aliphatic heterocycles. The summed E-state index contributed by atoms with van der Waals surface area (Å²) in [7, 11) is 0. The fourth-order valence-corrected chi connectivity index (χ4v) is 3.92. The van der Waals surface area contributed by atoms with Crippen LogP contribution in [0.2, 0.25) is 0 Å². The van der Waals surface area contributed by atoms with Gasteiger partial charge >= 0.3 is 0 Å². The van der Waals surface area contributed by atoms with Gasteiger partial charge in [0.1, 0.15) is 11.4 Å². The Labute approximate surface area is 171 Å². The summed E-state index contributed by atoms with van der Waals surface area (Å²) >= 11 is 0. The first kappa shape index (κ1) is 19.5. The number of carbonyl (C=O) groups excluding carboxylic acids is 1. The Morgan fingerprint density at radius 3 is 2.69 bits per heavy atom. The number of aromatic nitrogens is 2. The summed E-state index contributed by atoms with van der Waals surface area (Å²) in [6, 6.07) is 11.6. The van der Waals surface area contributed by atoms with Crippen molar-refractivity contribution < 1.29 is 9.21 Å². The first-order valence-corrected chi connectivity index (χ1v) is 10.3. The summed E-state index contributed by atoms with van der Waals surface area (Å²) in [6.45, 7) is 7.86. The fraction of sp³-hybridized carbons (Fsp3) is 0.391.